The lowest BCUT2D eigenvalue weighted by atomic mass is 9.49. The molecular formula is C20H26O4. The Kier molecular flexibility index (Phi) is 3.54. The van der Waals surface area contributed by atoms with Gasteiger partial charge in [0.1, 0.15) is 11.5 Å². The van der Waals surface area contributed by atoms with Gasteiger partial charge in [-0.2, -0.15) is 0 Å². The summed E-state index contributed by atoms with van der Waals surface area (Å²) in [6.07, 6.45) is 10.9. The van der Waals surface area contributed by atoms with Crippen molar-refractivity contribution in [1.82, 2.24) is 0 Å². The van der Waals surface area contributed by atoms with E-state index in [0.29, 0.717) is 30.3 Å². The van der Waals surface area contributed by atoms with Gasteiger partial charge in [0.15, 0.2) is 0 Å². The number of ketones is 1. The van der Waals surface area contributed by atoms with Gasteiger partial charge in [-0.15, -0.1) is 0 Å². The number of hydrogen-bond donors (Lipinski definition) is 1. The number of hydrogen-bond acceptors (Lipinski definition) is 4. The van der Waals surface area contributed by atoms with Crippen LogP contribution < -0.4 is 0 Å². The van der Waals surface area contributed by atoms with E-state index in [4.69, 9.17) is 4.74 Å². The van der Waals surface area contributed by atoms with Crippen molar-refractivity contribution >= 4 is 11.8 Å². The lowest BCUT2D eigenvalue weighted by molar-refractivity contribution is -0.168. The first kappa shape index (κ1) is 16.1. The first-order valence-electron chi connectivity index (χ1n) is 9.19. The first-order chi connectivity index (χ1) is 11.3. The second-order valence-corrected chi connectivity index (χ2v) is 8.37. The highest BCUT2D eigenvalue weighted by molar-refractivity contribution is 5.87. The number of ether oxygens (including phenoxy) is 1. The zero-order chi connectivity index (χ0) is 17.1. The van der Waals surface area contributed by atoms with E-state index in [2.05, 4.69) is 6.92 Å². The van der Waals surface area contributed by atoms with Crippen molar-refractivity contribution in [2.24, 2.45) is 29.1 Å². The van der Waals surface area contributed by atoms with Crippen molar-refractivity contribution in [2.75, 3.05) is 0 Å². The summed E-state index contributed by atoms with van der Waals surface area (Å²) in [6.45, 7) is 3.53. The van der Waals surface area contributed by atoms with Crippen LogP contribution >= 0.6 is 0 Å². The van der Waals surface area contributed by atoms with E-state index in [1.807, 2.05) is 18.2 Å². The van der Waals surface area contributed by atoms with E-state index in [-0.39, 0.29) is 29.1 Å². The van der Waals surface area contributed by atoms with Gasteiger partial charge < -0.3 is 9.84 Å². The maximum Gasteiger partial charge on any atom is 0.308 e. The molecule has 130 valence electrons. The maximum absolute atomic E-state index is 12.4. The summed E-state index contributed by atoms with van der Waals surface area (Å²) in [5.74, 6) is 1.49. The molecule has 24 heavy (non-hydrogen) atoms. The highest BCUT2D eigenvalue weighted by Gasteiger charge is 2.62. The van der Waals surface area contributed by atoms with Crippen LogP contribution in [0.4, 0.5) is 0 Å². The number of fused-ring (bicyclic) bond motifs is 5. The van der Waals surface area contributed by atoms with Gasteiger partial charge in [0, 0.05) is 24.7 Å². The van der Waals surface area contributed by atoms with Crippen molar-refractivity contribution in [1.29, 1.82) is 0 Å². The van der Waals surface area contributed by atoms with E-state index >= 15 is 0 Å². The molecule has 6 atom stereocenters. The Morgan fingerprint density at radius 1 is 1.25 bits per heavy atom. The van der Waals surface area contributed by atoms with Crippen LogP contribution in [0.2, 0.25) is 0 Å². The summed E-state index contributed by atoms with van der Waals surface area (Å²) in [4.78, 5) is 23.6. The van der Waals surface area contributed by atoms with Crippen LogP contribution in [0, 0.1) is 29.1 Å². The van der Waals surface area contributed by atoms with Crippen LogP contribution in [0.25, 0.3) is 0 Å². The lowest BCUT2D eigenvalue weighted by Gasteiger charge is -2.57. The average molecular weight is 330 g/mol. The predicted molar refractivity (Wildman–Crippen MR) is 88.7 cm³/mol. The molecule has 0 bridgehead atoms. The van der Waals surface area contributed by atoms with Gasteiger partial charge in [0.25, 0.3) is 0 Å². The number of aliphatic hydroxyl groups is 1. The molecule has 0 heterocycles. The van der Waals surface area contributed by atoms with E-state index < -0.39 is 5.60 Å². The highest BCUT2D eigenvalue weighted by atomic mass is 16.5. The number of carbonyl (C=O) groups is 2. The molecule has 0 aromatic carbocycles. The fourth-order valence-corrected chi connectivity index (χ4v) is 6.04. The Morgan fingerprint density at radius 2 is 2.04 bits per heavy atom. The Labute approximate surface area is 143 Å². The minimum absolute atomic E-state index is 0.0656. The minimum Gasteiger partial charge on any atom is -0.427 e. The predicted octanol–water partition coefficient (Wildman–Crippen LogP) is 3.16. The van der Waals surface area contributed by atoms with Gasteiger partial charge in [-0.1, -0.05) is 13.0 Å². The SMILES string of the molecule is CC(=O)OC1=CC2CC[C@H]3[C@@H]4CCC(=O)[C@@]4(C)CC[C@]3(O)C2C=C1. The Bertz CT molecular complexity index is 648. The van der Waals surface area contributed by atoms with Gasteiger partial charge in [0.05, 0.1) is 5.60 Å². The van der Waals surface area contributed by atoms with E-state index in [1.165, 1.54) is 6.92 Å². The Hall–Kier alpha value is -1.42. The Morgan fingerprint density at radius 3 is 2.79 bits per heavy atom. The number of allylic oxidation sites excluding steroid dienone is 2. The second-order valence-electron chi connectivity index (χ2n) is 8.37. The molecule has 4 rings (SSSR count). The third kappa shape index (κ3) is 2.15. The molecule has 1 N–H and O–H groups in total. The monoisotopic (exact) mass is 330 g/mol. The van der Waals surface area contributed by atoms with Crippen molar-refractivity contribution in [2.45, 2.75) is 58.0 Å². The molecule has 0 saturated heterocycles. The molecule has 4 heteroatoms. The van der Waals surface area contributed by atoms with Crippen LogP contribution in [0.15, 0.2) is 24.0 Å². The third-order valence-corrected chi connectivity index (χ3v) is 7.27. The molecule has 0 aliphatic heterocycles. The van der Waals surface area contributed by atoms with Gasteiger partial charge in [-0.3, -0.25) is 9.59 Å². The lowest BCUT2D eigenvalue weighted by Crippen LogP contribution is -2.59. The average Bonchev–Trinajstić information content (AvgIpc) is 2.82. The van der Waals surface area contributed by atoms with Crippen LogP contribution in [0.5, 0.6) is 0 Å². The van der Waals surface area contributed by atoms with Crippen LogP contribution in [-0.2, 0) is 14.3 Å². The second kappa shape index (κ2) is 5.29. The quantitative estimate of drug-likeness (QED) is 0.750. The molecule has 0 aromatic rings. The summed E-state index contributed by atoms with van der Waals surface area (Å²) in [5, 5.41) is 11.6. The van der Waals surface area contributed by atoms with E-state index in [1.54, 1.807) is 0 Å². The molecule has 3 fully saturated rings. The van der Waals surface area contributed by atoms with Gasteiger partial charge in [0.2, 0.25) is 0 Å². The molecular weight excluding hydrogens is 304 g/mol. The summed E-state index contributed by atoms with van der Waals surface area (Å²) < 4.78 is 5.22. The molecule has 0 radical (unpaired) electrons. The normalized spacial score (nSPS) is 46.6. The zero-order valence-electron chi connectivity index (χ0n) is 14.5. The standard InChI is InChI=1S/C20H26O4/c1-12(21)24-14-4-6-15-13(11-14)3-5-17-16-7-8-18(22)19(16,2)9-10-20(15,17)23/h4,6,11,13,15-17,23H,3,5,7-10H2,1-2H3/t13?,15?,16-,17-,19-,20-/m0/s1. The summed E-state index contributed by atoms with van der Waals surface area (Å²) >= 11 is 0. The molecule has 4 aliphatic rings. The van der Waals surface area contributed by atoms with Crippen molar-refractivity contribution in [3.63, 3.8) is 0 Å². The van der Waals surface area contributed by atoms with Crippen LogP contribution in [0.1, 0.15) is 52.4 Å². The zero-order valence-corrected chi connectivity index (χ0v) is 14.5. The van der Waals surface area contributed by atoms with Crippen molar-refractivity contribution < 1.29 is 19.4 Å². The number of rotatable bonds is 1. The van der Waals surface area contributed by atoms with E-state index in [0.717, 1.165) is 25.7 Å². The molecule has 4 nitrogen and oxygen atoms in total. The number of Topliss-reactive ketones (excluding diaryl/α,β-unsaturated/α-hetero) is 1. The van der Waals surface area contributed by atoms with Crippen molar-refractivity contribution in [3.8, 4) is 0 Å². The van der Waals surface area contributed by atoms with Gasteiger partial charge in [-0.05, 0) is 62.0 Å². The van der Waals surface area contributed by atoms with E-state index in [9.17, 15) is 14.7 Å². The summed E-state index contributed by atoms with van der Waals surface area (Å²) in [6, 6.07) is 0. The molecule has 0 amide bonds. The molecule has 3 saturated carbocycles. The van der Waals surface area contributed by atoms with Gasteiger partial charge >= 0.3 is 5.97 Å². The largest absolute Gasteiger partial charge is 0.427 e. The third-order valence-electron chi connectivity index (χ3n) is 7.27. The summed E-state index contributed by atoms with van der Waals surface area (Å²) in [5.41, 5.74) is -0.951. The fraction of sp³-hybridized carbons (Fsp3) is 0.700. The smallest absolute Gasteiger partial charge is 0.308 e. The fourth-order valence-electron chi connectivity index (χ4n) is 6.04. The number of carbonyl (C=O) groups excluding carboxylic acids is 2. The highest BCUT2D eigenvalue weighted by Crippen LogP contribution is 2.62. The maximum atomic E-state index is 12.4. The van der Waals surface area contributed by atoms with Crippen LogP contribution in [0.3, 0.4) is 0 Å². The molecule has 2 unspecified atom stereocenters. The molecule has 4 aliphatic carbocycles. The first-order valence-corrected chi connectivity index (χ1v) is 9.19. The van der Waals surface area contributed by atoms with Crippen LogP contribution in [-0.4, -0.2) is 22.5 Å². The topological polar surface area (TPSA) is 63.6 Å². The summed E-state index contributed by atoms with van der Waals surface area (Å²) in [7, 11) is 0. The molecule has 0 aromatic heterocycles. The number of esters is 1. The molecule has 0 spiro atoms. The Balaban J connectivity index is 1.62. The van der Waals surface area contributed by atoms with Gasteiger partial charge in [-0.25, -0.2) is 0 Å². The minimum atomic E-state index is -0.730. The van der Waals surface area contributed by atoms with Crippen molar-refractivity contribution in [3.05, 3.63) is 24.0 Å².